The summed E-state index contributed by atoms with van der Waals surface area (Å²) in [5.74, 6) is -1.18. The van der Waals surface area contributed by atoms with Crippen LogP contribution in [-0.4, -0.2) is 18.4 Å². The summed E-state index contributed by atoms with van der Waals surface area (Å²) < 4.78 is 39.6. The van der Waals surface area contributed by atoms with Gasteiger partial charge in [-0.3, -0.25) is 14.8 Å². The molecule has 0 saturated heterocycles. The fourth-order valence-corrected chi connectivity index (χ4v) is 2.60. The van der Waals surface area contributed by atoms with Crippen LogP contribution in [0.1, 0.15) is 0 Å². The van der Waals surface area contributed by atoms with Gasteiger partial charge in [-0.15, -0.1) is 0 Å². The number of aromatic hydroxyl groups is 1. The number of sulfonamides is 1. The number of nitro benzene ring substituents is 1. The second kappa shape index (κ2) is 5.37. The van der Waals surface area contributed by atoms with Crippen molar-refractivity contribution in [3.63, 3.8) is 0 Å². The lowest BCUT2D eigenvalue weighted by atomic mass is 10.3. The zero-order valence-corrected chi connectivity index (χ0v) is 11.2. The lowest BCUT2D eigenvalue weighted by molar-refractivity contribution is -0.385. The number of nitrogens with zero attached hydrogens (tertiary/aromatic N) is 1. The van der Waals surface area contributed by atoms with Crippen molar-refractivity contribution in [3.05, 3.63) is 58.4 Å². The Morgan fingerprint density at radius 3 is 2.29 bits per heavy atom. The number of benzene rings is 2. The third-order valence-electron chi connectivity index (χ3n) is 2.55. The second-order valence-electron chi connectivity index (χ2n) is 4.02. The predicted molar refractivity (Wildman–Crippen MR) is 72.0 cm³/mol. The highest BCUT2D eigenvalue weighted by Crippen LogP contribution is 2.24. The summed E-state index contributed by atoms with van der Waals surface area (Å²) in [7, 11) is -4.06. The number of hydrogen-bond acceptors (Lipinski definition) is 5. The smallest absolute Gasteiger partial charge is 0.272 e. The van der Waals surface area contributed by atoms with E-state index in [0.29, 0.717) is 6.07 Å². The van der Waals surface area contributed by atoms with Crippen molar-refractivity contribution < 1.29 is 22.8 Å². The molecule has 9 heteroatoms. The van der Waals surface area contributed by atoms with Crippen LogP contribution in [0.25, 0.3) is 0 Å². The molecule has 0 aliphatic heterocycles. The van der Waals surface area contributed by atoms with E-state index in [-0.39, 0.29) is 10.6 Å². The molecular formula is C12H9FN2O5S. The average Bonchev–Trinajstić information content (AvgIpc) is 2.41. The van der Waals surface area contributed by atoms with Gasteiger partial charge in [0.1, 0.15) is 5.75 Å². The Morgan fingerprint density at radius 1 is 1.14 bits per heavy atom. The molecule has 0 aromatic heterocycles. The number of nitro groups is 1. The van der Waals surface area contributed by atoms with Crippen LogP contribution in [0.2, 0.25) is 0 Å². The summed E-state index contributed by atoms with van der Waals surface area (Å²) in [5, 5.41) is 19.6. The van der Waals surface area contributed by atoms with Crippen LogP contribution in [0.3, 0.4) is 0 Å². The molecule has 0 aliphatic carbocycles. The fraction of sp³-hybridized carbons (Fsp3) is 0. The minimum Gasteiger partial charge on any atom is -0.508 e. The second-order valence-corrected chi connectivity index (χ2v) is 5.70. The first-order valence-electron chi connectivity index (χ1n) is 5.55. The Bertz CT molecular complexity index is 790. The fourth-order valence-electron chi connectivity index (χ4n) is 1.53. The Kier molecular flexibility index (Phi) is 3.76. The minimum absolute atomic E-state index is 0.115. The Balaban J connectivity index is 2.32. The summed E-state index contributed by atoms with van der Waals surface area (Å²) in [6.07, 6.45) is 0. The van der Waals surface area contributed by atoms with Crippen LogP contribution >= 0.6 is 0 Å². The van der Waals surface area contributed by atoms with E-state index in [0.717, 1.165) is 24.3 Å². The Labute approximate surface area is 118 Å². The number of phenols is 1. The number of hydrogen-bond donors (Lipinski definition) is 2. The Hall–Kier alpha value is -2.68. The van der Waals surface area contributed by atoms with Crippen molar-refractivity contribution in [3.8, 4) is 5.75 Å². The Morgan fingerprint density at radius 2 is 1.76 bits per heavy atom. The van der Waals surface area contributed by atoms with Gasteiger partial charge in [-0.05, 0) is 30.3 Å². The number of non-ortho nitro benzene ring substituents is 1. The average molecular weight is 312 g/mol. The lowest BCUT2D eigenvalue weighted by Gasteiger charge is -2.08. The molecule has 2 aromatic carbocycles. The summed E-state index contributed by atoms with van der Waals surface area (Å²) in [6, 6.07) is 7.18. The molecule has 0 saturated carbocycles. The third kappa shape index (κ3) is 3.26. The topological polar surface area (TPSA) is 110 Å². The molecule has 0 unspecified atom stereocenters. The number of nitrogens with one attached hydrogen (secondary N) is 1. The quantitative estimate of drug-likeness (QED) is 0.664. The molecule has 21 heavy (non-hydrogen) atoms. The molecule has 0 bridgehead atoms. The summed E-state index contributed by atoms with van der Waals surface area (Å²) in [5.41, 5.74) is -0.895. The van der Waals surface area contributed by atoms with Gasteiger partial charge in [-0.2, -0.15) is 0 Å². The van der Waals surface area contributed by atoms with E-state index >= 15 is 0 Å². The standard InChI is InChI=1S/C12H9FN2O5S/c13-11-7-8(15(17)18)1-6-12(11)14-21(19,20)10-4-2-9(16)3-5-10/h1-7,14,16H. The van der Waals surface area contributed by atoms with Gasteiger partial charge < -0.3 is 5.11 Å². The monoisotopic (exact) mass is 312 g/mol. The molecule has 2 rings (SSSR count). The summed E-state index contributed by atoms with van der Waals surface area (Å²) >= 11 is 0. The molecule has 2 aromatic rings. The molecule has 0 spiro atoms. The van der Waals surface area contributed by atoms with Crippen molar-refractivity contribution in [1.82, 2.24) is 0 Å². The van der Waals surface area contributed by atoms with Crippen molar-refractivity contribution in [2.45, 2.75) is 4.90 Å². The van der Waals surface area contributed by atoms with E-state index in [9.17, 15) is 22.9 Å². The van der Waals surface area contributed by atoms with E-state index < -0.39 is 32.1 Å². The largest absolute Gasteiger partial charge is 0.508 e. The van der Waals surface area contributed by atoms with Crippen LogP contribution in [-0.2, 0) is 10.0 Å². The third-order valence-corrected chi connectivity index (χ3v) is 3.94. The molecule has 7 nitrogen and oxygen atoms in total. The van der Waals surface area contributed by atoms with E-state index in [2.05, 4.69) is 0 Å². The van der Waals surface area contributed by atoms with Crippen LogP contribution in [0.4, 0.5) is 15.8 Å². The van der Waals surface area contributed by atoms with E-state index in [1.165, 1.54) is 12.1 Å². The maximum Gasteiger partial charge on any atom is 0.272 e. The van der Waals surface area contributed by atoms with Crippen molar-refractivity contribution in [2.24, 2.45) is 0 Å². The molecular weight excluding hydrogens is 303 g/mol. The normalized spacial score (nSPS) is 11.1. The van der Waals surface area contributed by atoms with E-state index in [1.807, 2.05) is 4.72 Å². The van der Waals surface area contributed by atoms with Crippen LogP contribution in [0.15, 0.2) is 47.4 Å². The zero-order chi connectivity index (χ0) is 15.6. The van der Waals surface area contributed by atoms with Crippen LogP contribution < -0.4 is 4.72 Å². The van der Waals surface area contributed by atoms with Crippen molar-refractivity contribution >= 4 is 21.4 Å². The van der Waals surface area contributed by atoms with Crippen LogP contribution in [0.5, 0.6) is 5.75 Å². The summed E-state index contributed by atoms with van der Waals surface area (Å²) in [6.45, 7) is 0. The SMILES string of the molecule is O=[N+]([O-])c1ccc(NS(=O)(=O)c2ccc(O)cc2)c(F)c1. The van der Waals surface area contributed by atoms with Gasteiger partial charge in [0.25, 0.3) is 15.7 Å². The van der Waals surface area contributed by atoms with E-state index in [4.69, 9.17) is 5.11 Å². The van der Waals surface area contributed by atoms with Crippen molar-refractivity contribution in [2.75, 3.05) is 4.72 Å². The minimum atomic E-state index is -4.06. The highest BCUT2D eigenvalue weighted by molar-refractivity contribution is 7.92. The number of halogens is 1. The number of rotatable bonds is 4. The number of anilines is 1. The molecule has 2 N–H and O–H groups in total. The predicted octanol–water partition coefficient (Wildman–Crippen LogP) is 2.24. The van der Waals surface area contributed by atoms with Gasteiger partial charge in [0.15, 0.2) is 5.82 Å². The lowest BCUT2D eigenvalue weighted by Crippen LogP contribution is -2.13. The van der Waals surface area contributed by atoms with Crippen LogP contribution in [0, 0.1) is 15.9 Å². The van der Waals surface area contributed by atoms with Gasteiger partial charge in [0, 0.05) is 6.07 Å². The molecule has 0 fully saturated rings. The highest BCUT2D eigenvalue weighted by atomic mass is 32.2. The first-order valence-corrected chi connectivity index (χ1v) is 7.04. The molecule has 0 radical (unpaired) electrons. The molecule has 0 heterocycles. The van der Waals surface area contributed by atoms with Gasteiger partial charge in [-0.25, -0.2) is 12.8 Å². The zero-order valence-electron chi connectivity index (χ0n) is 10.4. The summed E-state index contributed by atoms with van der Waals surface area (Å²) in [4.78, 5) is 9.51. The molecule has 0 amide bonds. The first-order chi connectivity index (χ1) is 9.79. The maximum absolute atomic E-state index is 13.6. The molecule has 110 valence electrons. The van der Waals surface area contributed by atoms with E-state index in [1.54, 1.807) is 0 Å². The first kappa shape index (κ1) is 14.7. The van der Waals surface area contributed by atoms with Gasteiger partial charge >= 0.3 is 0 Å². The van der Waals surface area contributed by atoms with Gasteiger partial charge in [-0.1, -0.05) is 0 Å². The highest BCUT2D eigenvalue weighted by Gasteiger charge is 2.18. The van der Waals surface area contributed by atoms with Crippen molar-refractivity contribution in [1.29, 1.82) is 0 Å². The van der Waals surface area contributed by atoms with Gasteiger partial charge in [0.05, 0.1) is 21.6 Å². The maximum atomic E-state index is 13.6. The molecule has 0 aliphatic rings. The number of phenolic OH excluding ortho intramolecular Hbond substituents is 1. The van der Waals surface area contributed by atoms with Gasteiger partial charge in [0.2, 0.25) is 0 Å². The molecule has 0 atom stereocenters.